The second-order valence-corrected chi connectivity index (χ2v) is 6.38. The summed E-state index contributed by atoms with van der Waals surface area (Å²) >= 11 is 6.75. The molecule has 1 aromatic carbocycles. The number of nitrogens with two attached hydrogens (primary N) is 1. The van der Waals surface area contributed by atoms with Crippen LogP contribution in [0.2, 0.25) is 5.02 Å². The van der Waals surface area contributed by atoms with Crippen LogP contribution in [0.4, 0.5) is 5.00 Å². The van der Waals surface area contributed by atoms with E-state index in [0.717, 1.165) is 11.3 Å². The van der Waals surface area contributed by atoms with Gasteiger partial charge in [-0.05, 0) is 25.1 Å². The SMILES string of the molecule is CCOC(=O)c1sc(N)c(C#N)c1COC(=O)COc1cccc(Cl)c1. The summed E-state index contributed by atoms with van der Waals surface area (Å²) in [4.78, 5) is 24.0. The summed E-state index contributed by atoms with van der Waals surface area (Å²) in [5.74, 6) is -0.875. The van der Waals surface area contributed by atoms with E-state index in [1.165, 1.54) is 0 Å². The van der Waals surface area contributed by atoms with Crippen LogP contribution in [0, 0.1) is 11.3 Å². The summed E-state index contributed by atoms with van der Waals surface area (Å²) in [5, 5.41) is 9.85. The zero-order valence-corrected chi connectivity index (χ0v) is 15.4. The van der Waals surface area contributed by atoms with E-state index in [4.69, 9.17) is 31.5 Å². The van der Waals surface area contributed by atoms with E-state index in [1.807, 2.05) is 6.07 Å². The lowest BCUT2D eigenvalue weighted by atomic mass is 10.1. The molecule has 0 atom stereocenters. The van der Waals surface area contributed by atoms with Crippen molar-refractivity contribution in [3.8, 4) is 11.8 Å². The van der Waals surface area contributed by atoms with E-state index in [2.05, 4.69) is 0 Å². The Bertz CT molecular complexity index is 859. The van der Waals surface area contributed by atoms with E-state index >= 15 is 0 Å². The lowest BCUT2D eigenvalue weighted by molar-refractivity contribution is -0.147. The topological polar surface area (TPSA) is 112 Å². The Morgan fingerprint density at radius 3 is 2.77 bits per heavy atom. The van der Waals surface area contributed by atoms with Crippen molar-refractivity contribution in [3.05, 3.63) is 45.3 Å². The van der Waals surface area contributed by atoms with Crippen LogP contribution < -0.4 is 10.5 Å². The van der Waals surface area contributed by atoms with Crippen molar-refractivity contribution >= 4 is 39.9 Å². The molecule has 0 amide bonds. The molecule has 0 aliphatic carbocycles. The number of nitrogen functional groups attached to an aromatic ring is 1. The predicted molar refractivity (Wildman–Crippen MR) is 96.1 cm³/mol. The van der Waals surface area contributed by atoms with Crippen LogP contribution in [-0.2, 0) is 20.9 Å². The summed E-state index contributed by atoms with van der Waals surface area (Å²) in [6, 6.07) is 8.47. The van der Waals surface area contributed by atoms with Crippen molar-refractivity contribution in [2.75, 3.05) is 18.9 Å². The number of thiophene rings is 1. The number of esters is 2. The first-order chi connectivity index (χ1) is 12.5. The quantitative estimate of drug-likeness (QED) is 0.717. The van der Waals surface area contributed by atoms with E-state index < -0.39 is 11.9 Å². The number of anilines is 1. The highest BCUT2D eigenvalue weighted by molar-refractivity contribution is 7.18. The zero-order chi connectivity index (χ0) is 19.1. The maximum Gasteiger partial charge on any atom is 0.348 e. The molecule has 0 radical (unpaired) electrons. The normalized spacial score (nSPS) is 10.0. The van der Waals surface area contributed by atoms with Gasteiger partial charge in [-0.2, -0.15) is 5.26 Å². The number of hydrogen-bond donors (Lipinski definition) is 1. The Labute approximate surface area is 158 Å². The fourth-order valence-corrected chi connectivity index (χ4v) is 3.10. The summed E-state index contributed by atoms with van der Waals surface area (Å²) in [6.45, 7) is 1.19. The molecule has 136 valence electrons. The molecule has 0 aliphatic heterocycles. The van der Waals surface area contributed by atoms with E-state index in [1.54, 1.807) is 31.2 Å². The molecule has 2 aromatic rings. The van der Waals surface area contributed by atoms with Gasteiger partial charge in [0, 0.05) is 10.6 Å². The molecule has 7 nitrogen and oxygen atoms in total. The number of hydrogen-bond acceptors (Lipinski definition) is 8. The minimum atomic E-state index is -0.673. The van der Waals surface area contributed by atoms with Crippen molar-refractivity contribution in [3.63, 3.8) is 0 Å². The lowest BCUT2D eigenvalue weighted by Gasteiger charge is -2.08. The van der Waals surface area contributed by atoms with Crippen molar-refractivity contribution in [1.82, 2.24) is 0 Å². The standard InChI is InChI=1S/C17H15ClN2O5S/c1-2-23-17(22)15-13(12(7-19)16(20)26-15)8-25-14(21)9-24-11-5-3-4-10(18)6-11/h3-6H,2,8-9,20H2,1H3. The number of carbonyl (C=O) groups excluding carboxylic acids is 2. The number of rotatable bonds is 7. The number of benzene rings is 1. The summed E-state index contributed by atoms with van der Waals surface area (Å²) in [5.41, 5.74) is 6.08. The van der Waals surface area contributed by atoms with E-state index in [-0.39, 0.29) is 40.8 Å². The molecule has 1 aromatic heterocycles. The molecule has 0 fully saturated rings. The number of carbonyl (C=O) groups is 2. The highest BCUT2D eigenvalue weighted by atomic mass is 35.5. The van der Waals surface area contributed by atoms with Gasteiger partial charge in [0.05, 0.1) is 12.2 Å². The van der Waals surface area contributed by atoms with Crippen LogP contribution in [0.15, 0.2) is 24.3 Å². The predicted octanol–water partition coefficient (Wildman–Crippen LogP) is 3.15. The Kier molecular flexibility index (Phi) is 6.83. The molecule has 9 heteroatoms. The monoisotopic (exact) mass is 394 g/mol. The Morgan fingerprint density at radius 2 is 2.12 bits per heavy atom. The molecule has 26 heavy (non-hydrogen) atoms. The summed E-state index contributed by atoms with van der Waals surface area (Å²) < 4.78 is 15.3. The van der Waals surface area contributed by atoms with Gasteiger partial charge in [0.25, 0.3) is 0 Å². The first kappa shape index (κ1) is 19.6. The number of halogens is 1. The Morgan fingerprint density at radius 1 is 1.35 bits per heavy atom. The molecule has 1 heterocycles. The van der Waals surface area contributed by atoms with Gasteiger partial charge in [-0.3, -0.25) is 0 Å². The van der Waals surface area contributed by atoms with Crippen LogP contribution >= 0.6 is 22.9 Å². The minimum Gasteiger partial charge on any atom is -0.482 e. The third-order valence-electron chi connectivity index (χ3n) is 3.14. The van der Waals surface area contributed by atoms with Crippen LogP contribution in [0.1, 0.15) is 27.7 Å². The molecule has 0 bridgehead atoms. The third-order valence-corrected chi connectivity index (χ3v) is 4.41. The van der Waals surface area contributed by atoms with Gasteiger partial charge in [-0.1, -0.05) is 17.7 Å². The van der Waals surface area contributed by atoms with Crippen molar-refractivity contribution in [2.45, 2.75) is 13.5 Å². The second-order valence-electron chi connectivity index (χ2n) is 4.89. The van der Waals surface area contributed by atoms with Gasteiger partial charge in [0.1, 0.15) is 28.3 Å². The van der Waals surface area contributed by atoms with Crippen LogP contribution in [-0.4, -0.2) is 25.2 Å². The van der Waals surface area contributed by atoms with Crippen LogP contribution in [0.3, 0.4) is 0 Å². The molecule has 0 spiro atoms. The van der Waals surface area contributed by atoms with Crippen LogP contribution in [0.25, 0.3) is 0 Å². The van der Waals surface area contributed by atoms with E-state index in [0.29, 0.717) is 10.8 Å². The van der Waals surface area contributed by atoms with Crippen molar-refractivity contribution in [1.29, 1.82) is 5.26 Å². The largest absolute Gasteiger partial charge is 0.482 e. The average Bonchev–Trinajstić information content (AvgIpc) is 2.94. The molecule has 2 N–H and O–H groups in total. The van der Waals surface area contributed by atoms with Gasteiger partial charge in [-0.15, -0.1) is 11.3 Å². The van der Waals surface area contributed by atoms with Crippen LogP contribution in [0.5, 0.6) is 5.75 Å². The maximum atomic E-state index is 12.0. The van der Waals surface area contributed by atoms with Crippen molar-refractivity contribution in [2.24, 2.45) is 0 Å². The Balaban J connectivity index is 2.02. The molecular formula is C17H15ClN2O5S. The summed E-state index contributed by atoms with van der Waals surface area (Å²) in [6.07, 6.45) is 0. The van der Waals surface area contributed by atoms with Gasteiger partial charge in [-0.25, -0.2) is 9.59 Å². The number of nitriles is 1. The maximum absolute atomic E-state index is 12.0. The molecule has 0 unspecified atom stereocenters. The molecule has 0 saturated carbocycles. The number of nitrogens with zero attached hydrogens (tertiary/aromatic N) is 1. The Hall–Kier alpha value is -2.76. The van der Waals surface area contributed by atoms with Crippen molar-refractivity contribution < 1.29 is 23.8 Å². The highest BCUT2D eigenvalue weighted by Crippen LogP contribution is 2.31. The molecule has 2 rings (SSSR count). The minimum absolute atomic E-state index is 0.0987. The number of ether oxygens (including phenoxy) is 3. The van der Waals surface area contributed by atoms with E-state index in [9.17, 15) is 14.9 Å². The van der Waals surface area contributed by atoms with Gasteiger partial charge in [0.15, 0.2) is 6.61 Å². The second kappa shape index (κ2) is 9.08. The fraction of sp³-hybridized carbons (Fsp3) is 0.235. The fourth-order valence-electron chi connectivity index (χ4n) is 2.00. The first-order valence-corrected chi connectivity index (χ1v) is 8.68. The smallest absolute Gasteiger partial charge is 0.348 e. The van der Waals surface area contributed by atoms with Gasteiger partial charge in [0.2, 0.25) is 0 Å². The first-order valence-electron chi connectivity index (χ1n) is 7.48. The summed E-state index contributed by atoms with van der Waals surface area (Å²) in [7, 11) is 0. The average molecular weight is 395 g/mol. The molecule has 0 saturated heterocycles. The van der Waals surface area contributed by atoms with Gasteiger partial charge < -0.3 is 19.9 Å². The lowest BCUT2D eigenvalue weighted by Crippen LogP contribution is -2.16. The highest BCUT2D eigenvalue weighted by Gasteiger charge is 2.23. The molecular weight excluding hydrogens is 380 g/mol. The van der Waals surface area contributed by atoms with Gasteiger partial charge >= 0.3 is 11.9 Å². The zero-order valence-electron chi connectivity index (χ0n) is 13.8. The third kappa shape index (κ3) is 4.88. The molecule has 0 aliphatic rings.